The minimum absolute atomic E-state index is 0.0141. The Morgan fingerprint density at radius 2 is 2.29 bits per heavy atom. The molecule has 0 unspecified atom stereocenters. The van der Waals surface area contributed by atoms with Gasteiger partial charge in [0.2, 0.25) is 0 Å². The highest BCUT2D eigenvalue weighted by Gasteiger charge is 2.25. The summed E-state index contributed by atoms with van der Waals surface area (Å²) in [5.41, 5.74) is 2.13. The number of aryl methyl sites for hydroxylation is 1. The molecule has 108 valence electrons. The molecule has 0 aliphatic carbocycles. The zero-order chi connectivity index (χ0) is 15.4. The van der Waals surface area contributed by atoms with E-state index in [1.54, 1.807) is 18.5 Å². The first-order valence-corrected chi connectivity index (χ1v) is 6.06. The fraction of sp³-hybridized carbons (Fsp3) is 0.231. The second-order valence-corrected chi connectivity index (χ2v) is 4.43. The van der Waals surface area contributed by atoms with E-state index >= 15 is 0 Å². The fourth-order valence-electron chi connectivity index (χ4n) is 2.40. The molecule has 8 heteroatoms. The van der Waals surface area contributed by atoms with Gasteiger partial charge in [-0.05, 0) is 25.0 Å². The van der Waals surface area contributed by atoms with Crippen LogP contribution in [0.15, 0.2) is 30.7 Å². The lowest BCUT2D eigenvalue weighted by molar-refractivity contribution is -0.742. The number of fused-ring (bicyclic) bond motifs is 1. The van der Waals surface area contributed by atoms with Crippen LogP contribution in [0.5, 0.6) is 0 Å². The van der Waals surface area contributed by atoms with Crippen LogP contribution in [0.3, 0.4) is 0 Å². The third-order valence-electron chi connectivity index (χ3n) is 3.24. The Kier molecular flexibility index (Phi) is 4.13. The highest BCUT2D eigenvalue weighted by Crippen LogP contribution is 2.32. The van der Waals surface area contributed by atoms with E-state index in [0.29, 0.717) is 11.1 Å². The van der Waals surface area contributed by atoms with E-state index in [1.165, 1.54) is 6.07 Å². The van der Waals surface area contributed by atoms with Crippen LogP contribution in [-0.2, 0) is 6.42 Å². The molecule has 1 aromatic carbocycles. The Balaban J connectivity index is 0.000000361. The van der Waals surface area contributed by atoms with Gasteiger partial charge in [-0.1, -0.05) is 6.07 Å². The van der Waals surface area contributed by atoms with Crippen molar-refractivity contribution in [3.63, 3.8) is 0 Å². The molecule has 0 radical (unpaired) electrons. The number of benzene rings is 1. The Labute approximate surface area is 119 Å². The summed E-state index contributed by atoms with van der Waals surface area (Å²) in [5, 5.41) is 22.4. The van der Waals surface area contributed by atoms with E-state index < -0.39 is 5.09 Å². The summed E-state index contributed by atoms with van der Waals surface area (Å²) < 4.78 is 15.9. The highest BCUT2D eigenvalue weighted by molar-refractivity contribution is 5.35. The summed E-state index contributed by atoms with van der Waals surface area (Å²) >= 11 is 0. The van der Waals surface area contributed by atoms with Crippen molar-refractivity contribution in [1.82, 2.24) is 9.55 Å². The number of nitrogens with zero attached hydrogens (tertiary/aromatic N) is 4. The van der Waals surface area contributed by atoms with Crippen molar-refractivity contribution in [1.29, 1.82) is 5.26 Å². The van der Waals surface area contributed by atoms with Crippen LogP contribution in [0.1, 0.15) is 29.3 Å². The maximum absolute atomic E-state index is 13.9. The summed E-state index contributed by atoms with van der Waals surface area (Å²) in [6, 6.07) is 6.61. The predicted octanol–water partition coefficient (Wildman–Crippen LogP) is 2.08. The van der Waals surface area contributed by atoms with Gasteiger partial charge in [-0.15, -0.1) is 10.1 Å². The van der Waals surface area contributed by atoms with E-state index in [1.807, 2.05) is 16.8 Å². The number of rotatable bonds is 1. The maximum Gasteiger partial charge on any atom is 0.291 e. The first-order chi connectivity index (χ1) is 10.0. The standard InChI is InChI=1S/C13H10FN3.HNO3/c14-12-5-9(6-15)1-3-11(12)13-4-2-10-7-16-8-17(10)13;2-1(3)4/h1,3,5,7-8,13H,2,4H2;(H,2,3,4)/t13-;/m1./s1. The van der Waals surface area contributed by atoms with Crippen LogP contribution in [0.25, 0.3) is 0 Å². The molecular formula is C13H11FN4O3. The van der Waals surface area contributed by atoms with Crippen molar-refractivity contribution in [2.45, 2.75) is 18.9 Å². The molecule has 1 aromatic heterocycles. The van der Waals surface area contributed by atoms with Gasteiger partial charge in [0.1, 0.15) is 5.82 Å². The van der Waals surface area contributed by atoms with Gasteiger partial charge in [0.25, 0.3) is 5.09 Å². The molecule has 0 bridgehead atoms. The third kappa shape index (κ3) is 3.14. The normalized spacial score (nSPS) is 15.5. The molecule has 0 fully saturated rings. The molecule has 2 heterocycles. The molecule has 7 nitrogen and oxygen atoms in total. The molecule has 0 amide bonds. The van der Waals surface area contributed by atoms with Crippen LogP contribution in [-0.4, -0.2) is 19.8 Å². The second-order valence-electron chi connectivity index (χ2n) is 4.43. The zero-order valence-electron chi connectivity index (χ0n) is 10.8. The minimum atomic E-state index is -1.50. The first kappa shape index (κ1) is 14.5. The maximum atomic E-state index is 13.9. The Bertz CT molecular complexity index is 704. The van der Waals surface area contributed by atoms with E-state index in [9.17, 15) is 4.39 Å². The number of halogens is 1. The quantitative estimate of drug-likeness (QED) is 0.639. The third-order valence-corrected chi connectivity index (χ3v) is 3.24. The summed E-state index contributed by atoms with van der Waals surface area (Å²) in [4.78, 5) is 12.4. The summed E-state index contributed by atoms with van der Waals surface area (Å²) in [5.74, 6) is -0.310. The summed E-state index contributed by atoms with van der Waals surface area (Å²) in [6.07, 6.45) is 5.37. The Hall–Kier alpha value is -2.95. The fourth-order valence-corrected chi connectivity index (χ4v) is 2.40. The van der Waals surface area contributed by atoms with Crippen molar-refractivity contribution in [3.8, 4) is 6.07 Å². The molecule has 1 atom stereocenters. The molecular weight excluding hydrogens is 279 g/mol. The topological polar surface area (TPSA) is 105 Å². The number of hydrogen-bond donors (Lipinski definition) is 1. The molecule has 1 aliphatic rings. The lowest BCUT2D eigenvalue weighted by Crippen LogP contribution is -2.06. The van der Waals surface area contributed by atoms with Gasteiger partial charge >= 0.3 is 0 Å². The van der Waals surface area contributed by atoms with Crippen LogP contribution in [0.2, 0.25) is 0 Å². The van der Waals surface area contributed by atoms with Crippen LogP contribution in [0.4, 0.5) is 4.39 Å². The predicted molar refractivity (Wildman–Crippen MR) is 68.6 cm³/mol. The number of aromatic nitrogens is 2. The average Bonchev–Trinajstić information content (AvgIpc) is 3.01. The number of hydrogen-bond acceptors (Lipinski definition) is 4. The molecule has 3 rings (SSSR count). The van der Waals surface area contributed by atoms with Crippen LogP contribution < -0.4 is 0 Å². The Morgan fingerprint density at radius 1 is 1.57 bits per heavy atom. The minimum Gasteiger partial charge on any atom is -0.328 e. The van der Waals surface area contributed by atoms with Gasteiger partial charge in [0, 0.05) is 17.5 Å². The van der Waals surface area contributed by atoms with Crippen molar-refractivity contribution in [3.05, 3.63) is 63.5 Å². The highest BCUT2D eigenvalue weighted by atomic mass is 19.1. The molecule has 1 aliphatic heterocycles. The van der Waals surface area contributed by atoms with Gasteiger partial charge < -0.3 is 9.77 Å². The van der Waals surface area contributed by atoms with E-state index in [2.05, 4.69) is 4.98 Å². The van der Waals surface area contributed by atoms with Crippen LogP contribution in [0, 0.1) is 27.3 Å². The smallest absolute Gasteiger partial charge is 0.291 e. The molecule has 1 N–H and O–H groups in total. The first-order valence-electron chi connectivity index (χ1n) is 6.06. The van der Waals surface area contributed by atoms with Gasteiger partial charge in [0.15, 0.2) is 0 Å². The molecule has 21 heavy (non-hydrogen) atoms. The lowest BCUT2D eigenvalue weighted by Gasteiger charge is -2.14. The summed E-state index contributed by atoms with van der Waals surface area (Å²) in [7, 11) is 0. The van der Waals surface area contributed by atoms with Gasteiger partial charge in [-0.2, -0.15) is 5.26 Å². The zero-order valence-corrected chi connectivity index (χ0v) is 10.8. The lowest BCUT2D eigenvalue weighted by atomic mass is 10.0. The van der Waals surface area contributed by atoms with Gasteiger partial charge in [-0.3, -0.25) is 0 Å². The molecule has 0 spiro atoms. The van der Waals surface area contributed by atoms with Crippen molar-refractivity contribution in [2.75, 3.05) is 0 Å². The van der Waals surface area contributed by atoms with E-state index in [-0.39, 0.29) is 11.9 Å². The van der Waals surface area contributed by atoms with E-state index in [0.717, 1.165) is 18.5 Å². The monoisotopic (exact) mass is 290 g/mol. The Morgan fingerprint density at radius 3 is 2.90 bits per heavy atom. The molecule has 0 saturated heterocycles. The number of imidazole rings is 1. The summed E-state index contributed by atoms with van der Waals surface area (Å²) in [6.45, 7) is 0. The van der Waals surface area contributed by atoms with Gasteiger partial charge in [-0.25, -0.2) is 9.37 Å². The number of nitriles is 1. The van der Waals surface area contributed by atoms with Gasteiger partial charge in [0.05, 0.1) is 24.0 Å². The van der Waals surface area contributed by atoms with Crippen LogP contribution >= 0.6 is 0 Å². The van der Waals surface area contributed by atoms with Crippen molar-refractivity contribution >= 4 is 0 Å². The van der Waals surface area contributed by atoms with Crippen molar-refractivity contribution < 1.29 is 14.7 Å². The SMILES string of the molecule is N#Cc1ccc([C@H]2CCc3cncn32)c(F)c1.O=[N+]([O-])O. The largest absolute Gasteiger partial charge is 0.328 e. The second kappa shape index (κ2) is 6.00. The average molecular weight is 290 g/mol. The van der Waals surface area contributed by atoms with Crippen molar-refractivity contribution in [2.24, 2.45) is 0 Å². The molecule has 2 aromatic rings. The molecule has 0 saturated carbocycles. The van der Waals surface area contributed by atoms with E-state index in [4.69, 9.17) is 20.6 Å².